The molecule has 1 aliphatic heterocycles. The summed E-state index contributed by atoms with van der Waals surface area (Å²) in [5, 5.41) is 0. The SMILES string of the molecule is CC1=C(c2ccccc2)OC(=O)C(Cl)(Cl)C1N(C)c1ccccc1. The summed E-state index contributed by atoms with van der Waals surface area (Å²) in [6.45, 7) is 1.89. The molecule has 1 atom stereocenters. The van der Waals surface area contributed by atoms with Gasteiger partial charge >= 0.3 is 5.97 Å². The summed E-state index contributed by atoms with van der Waals surface area (Å²) in [7, 11) is 1.87. The first-order valence-corrected chi connectivity index (χ1v) is 8.32. The molecule has 2 aromatic carbocycles. The van der Waals surface area contributed by atoms with E-state index in [0.717, 1.165) is 16.8 Å². The van der Waals surface area contributed by atoms with Gasteiger partial charge in [-0.05, 0) is 24.6 Å². The van der Waals surface area contributed by atoms with Crippen LogP contribution in [0.1, 0.15) is 12.5 Å². The lowest BCUT2D eigenvalue weighted by molar-refractivity contribution is -0.138. The summed E-state index contributed by atoms with van der Waals surface area (Å²) in [6.07, 6.45) is 0. The number of anilines is 1. The van der Waals surface area contributed by atoms with Gasteiger partial charge in [0.1, 0.15) is 5.76 Å². The molecule has 0 radical (unpaired) electrons. The molecule has 2 aromatic rings. The van der Waals surface area contributed by atoms with Crippen LogP contribution in [-0.2, 0) is 9.53 Å². The molecule has 124 valence electrons. The highest BCUT2D eigenvalue weighted by molar-refractivity contribution is 6.59. The molecule has 24 heavy (non-hydrogen) atoms. The van der Waals surface area contributed by atoms with Crippen LogP contribution in [0.4, 0.5) is 5.69 Å². The minimum absolute atomic E-state index is 0.505. The molecule has 0 fully saturated rings. The Morgan fingerprint density at radius 2 is 1.54 bits per heavy atom. The zero-order valence-electron chi connectivity index (χ0n) is 13.4. The monoisotopic (exact) mass is 361 g/mol. The standard InChI is InChI=1S/C19H17Cl2NO2/c1-13-16(14-9-5-3-6-10-14)24-18(23)19(20,21)17(13)22(2)15-11-7-4-8-12-15/h3-12,17H,1-2H3. The Balaban J connectivity index is 2.11. The number of hydrogen-bond donors (Lipinski definition) is 0. The maximum atomic E-state index is 12.4. The van der Waals surface area contributed by atoms with Crippen molar-refractivity contribution < 1.29 is 9.53 Å². The van der Waals surface area contributed by atoms with E-state index in [4.69, 9.17) is 27.9 Å². The summed E-state index contributed by atoms with van der Waals surface area (Å²) in [6, 6.07) is 18.6. The summed E-state index contributed by atoms with van der Waals surface area (Å²) < 4.78 is 3.78. The number of carbonyl (C=O) groups excluding carboxylic acids is 1. The topological polar surface area (TPSA) is 29.5 Å². The first kappa shape index (κ1) is 16.9. The van der Waals surface area contributed by atoms with E-state index >= 15 is 0 Å². The number of benzene rings is 2. The van der Waals surface area contributed by atoms with Crippen LogP contribution in [0.2, 0.25) is 0 Å². The molecule has 1 unspecified atom stereocenters. The number of alkyl halides is 2. The Morgan fingerprint density at radius 1 is 1.00 bits per heavy atom. The minimum Gasteiger partial charge on any atom is -0.424 e. The molecule has 1 heterocycles. The third-order valence-corrected chi connectivity index (χ3v) is 4.89. The van der Waals surface area contributed by atoms with Crippen molar-refractivity contribution in [1.29, 1.82) is 0 Å². The van der Waals surface area contributed by atoms with E-state index in [1.54, 1.807) is 0 Å². The molecule has 5 heteroatoms. The van der Waals surface area contributed by atoms with Gasteiger partial charge in [0.15, 0.2) is 0 Å². The van der Waals surface area contributed by atoms with Gasteiger partial charge in [0, 0.05) is 18.3 Å². The molecule has 0 saturated carbocycles. The van der Waals surface area contributed by atoms with E-state index < -0.39 is 16.3 Å². The Labute approximate surface area is 151 Å². The number of halogens is 2. The Hall–Kier alpha value is -1.97. The molecule has 0 aliphatic carbocycles. The average Bonchev–Trinajstić information content (AvgIpc) is 2.59. The van der Waals surface area contributed by atoms with Crippen molar-refractivity contribution in [2.24, 2.45) is 0 Å². The molecule has 0 aromatic heterocycles. The fourth-order valence-electron chi connectivity index (χ4n) is 2.97. The normalized spacial score (nSPS) is 19.8. The zero-order chi connectivity index (χ0) is 17.3. The first-order valence-electron chi connectivity index (χ1n) is 7.57. The van der Waals surface area contributed by atoms with Crippen LogP contribution in [0.15, 0.2) is 66.2 Å². The van der Waals surface area contributed by atoms with Crippen LogP contribution in [0, 0.1) is 0 Å². The van der Waals surface area contributed by atoms with E-state index in [-0.39, 0.29) is 0 Å². The average molecular weight is 362 g/mol. The largest absolute Gasteiger partial charge is 0.424 e. The van der Waals surface area contributed by atoms with Crippen molar-refractivity contribution in [3.05, 3.63) is 71.8 Å². The fraction of sp³-hybridized carbons (Fsp3) is 0.211. The number of nitrogens with zero attached hydrogens (tertiary/aromatic N) is 1. The van der Waals surface area contributed by atoms with Crippen LogP contribution < -0.4 is 4.90 Å². The van der Waals surface area contributed by atoms with Crippen molar-refractivity contribution in [3.63, 3.8) is 0 Å². The highest BCUT2D eigenvalue weighted by Gasteiger charge is 2.51. The van der Waals surface area contributed by atoms with E-state index in [2.05, 4.69) is 0 Å². The third kappa shape index (κ3) is 2.90. The smallest absolute Gasteiger partial charge is 0.350 e. The predicted molar refractivity (Wildman–Crippen MR) is 98.2 cm³/mol. The van der Waals surface area contributed by atoms with Crippen molar-refractivity contribution in [1.82, 2.24) is 0 Å². The maximum Gasteiger partial charge on any atom is 0.350 e. The zero-order valence-corrected chi connectivity index (χ0v) is 14.9. The predicted octanol–water partition coefficient (Wildman–Crippen LogP) is 4.65. The Bertz CT molecular complexity index is 772. The molecular formula is C19H17Cl2NO2. The second-order valence-corrected chi connectivity index (χ2v) is 7.13. The fourth-order valence-corrected chi connectivity index (χ4v) is 3.67. The van der Waals surface area contributed by atoms with Crippen LogP contribution >= 0.6 is 23.2 Å². The number of ether oxygens (including phenoxy) is 1. The molecule has 1 aliphatic rings. The summed E-state index contributed by atoms with van der Waals surface area (Å²) >= 11 is 12.8. The van der Waals surface area contributed by atoms with Crippen molar-refractivity contribution in [2.75, 3.05) is 11.9 Å². The van der Waals surface area contributed by atoms with Gasteiger partial charge in [-0.1, -0.05) is 71.7 Å². The van der Waals surface area contributed by atoms with Crippen molar-refractivity contribution in [3.8, 4) is 0 Å². The van der Waals surface area contributed by atoms with E-state index in [0.29, 0.717) is 5.76 Å². The van der Waals surface area contributed by atoms with Crippen LogP contribution in [0.5, 0.6) is 0 Å². The van der Waals surface area contributed by atoms with Gasteiger partial charge in [-0.15, -0.1) is 0 Å². The second-order valence-electron chi connectivity index (χ2n) is 5.74. The molecule has 0 bridgehead atoms. The van der Waals surface area contributed by atoms with Gasteiger partial charge < -0.3 is 9.64 Å². The summed E-state index contributed by atoms with van der Waals surface area (Å²) in [5.41, 5.74) is 2.53. The van der Waals surface area contributed by atoms with E-state index in [1.807, 2.05) is 79.5 Å². The van der Waals surface area contributed by atoms with Gasteiger partial charge in [-0.2, -0.15) is 0 Å². The lowest BCUT2D eigenvalue weighted by Crippen LogP contribution is -2.53. The van der Waals surface area contributed by atoms with Gasteiger partial charge in [0.25, 0.3) is 0 Å². The number of para-hydroxylation sites is 1. The number of cyclic esters (lactones) is 1. The third-order valence-electron chi connectivity index (χ3n) is 4.17. The van der Waals surface area contributed by atoms with Gasteiger partial charge in [0.2, 0.25) is 4.33 Å². The van der Waals surface area contributed by atoms with Crippen LogP contribution in [0.25, 0.3) is 5.76 Å². The van der Waals surface area contributed by atoms with Crippen molar-refractivity contribution in [2.45, 2.75) is 17.3 Å². The summed E-state index contributed by atoms with van der Waals surface area (Å²) in [5.74, 6) is -0.159. The van der Waals surface area contributed by atoms with E-state index in [9.17, 15) is 4.79 Å². The van der Waals surface area contributed by atoms with Gasteiger partial charge in [-0.25, -0.2) is 4.79 Å². The van der Waals surface area contributed by atoms with Crippen LogP contribution in [-0.4, -0.2) is 23.4 Å². The van der Waals surface area contributed by atoms with Gasteiger partial charge in [0.05, 0.1) is 6.04 Å². The van der Waals surface area contributed by atoms with Crippen LogP contribution in [0.3, 0.4) is 0 Å². The molecule has 3 nitrogen and oxygen atoms in total. The molecule has 0 spiro atoms. The maximum absolute atomic E-state index is 12.4. The Morgan fingerprint density at radius 3 is 2.12 bits per heavy atom. The minimum atomic E-state index is -1.69. The molecule has 0 saturated heterocycles. The van der Waals surface area contributed by atoms with Crippen molar-refractivity contribution >= 4 is 40.6 Å². The number of rotatable bonds is 3. The highest BCUT2D eigenvalue weighted by Crippen LogP contribution is 2.43. The second kappa shape index (κ2) is 6.50. The molecule has 0 N–H and O–H groups in total. The molecular weight excluding hydrogens is 345 g/mol. The van der Waals surface area contributed by atoms with Gasteiger partial charge in [-0.3, -0.25) is 0 Å². The number of esters is 1. The lowest BCUT2D eigenvalue weighted by Gasteiger charge is -2.41. The Kier molecular flexibility index (Phi) is 4.57. The van der Waals surface area contributed by atoms with E-state index in [1.165, 1.54) is 0 Å². The molecule has 3 rings (SSSR count). The lowest BCUT2D eigenvalue weighted by atomic mass is 9.95. The highest BCUT2D eigenvalue weighted by atomic mass is 35.5. The number of carbonyl (C=O) groups is 1. The number of likely N-dealkylation sites (N-methyl/N-ethyl adjacent to an activating group) is 1. The summed E-state index contributed by atoms with van der Waals surface area (Å²) in [4.78, 5) is 14.3. The molecule has 0 amide bonds. The number of hydrogen-bond acceptors (Lipinski definition) is 3. The first-order chi connectivity index (χ1) is 11.4. The quantitative estimate of drug-likeness (QED) is 0.588.